The molecule has 0 aromatic heterocycles. The van der Waals surface area contributed by atoms with E-state index in [-0.39, 0.29) is 5.41 Å². The highest BCUT2D eigenvalue weighted by Gasteiger charge is 2.33. The summed E-state index contributed by atoms with van der Waals surface area (Å²) < 4.78 is 0. The molecule has 0 spiro atoms. The van der Waals surface area contributed by atoms with Crippen molar-refractivity contribution in [2.45, 2.75) is 33.7 Å². The van der Waals surface area contributed by atoms with E-state index >= 15 is 0 Å². The lowest BCUT2D eigenvalue weighted by Crippen LogP contribution is -2.41. The second-order valence-electron chi connectivity index (χ2n) is 5.47. The van der Waals surface area contributed by atoms with Crippen LogP contribution in [0.1, 0.15) is 33.3 Å². The third-order valence-electron chi connectivity index (χ3n) is 3.05. The van der Waals surface area contributed by atoms with Gasteiger partial charge in [0.25, 0.3) is 0 Å². The summed E-state index contributed by atoms with van der Waals surface area (Å²) in [4.78, 5) is 0. The Morgan fingerprint density at radius 2 is 1.69 bits per heavy atom. The van der Waals surface area contributed by atoms with Gasteiger partial charge in [-0.3, -0.25) is 0 Å². The van der Waals surface area contributed by atoms with Crippen LogP contribution in [0.4, 0.5) is 0 Å². The third kappa shape index (κ3) is 1.98. The molecule has 86 valence electrons. The van der Waals surface area contributed by atoms with E-state index in [0.717, 1.165) is 0 Å². The fraction of sp³-hybridized carbons (Fsp3) is 0.429. The lowest BCUT2D eigenvalue weighted by atomic mass is 9.80. The predicted molar refractivity (Wildman–Crippen MR) is 68.6 cm³/mol. The molecule has 0 saturated carbocycles. The minimum absolute atomic E-state index is 0.204. The van der Waals surface area contributed by atoms with Gasteiger partial charge in [0.2, 0.25) is 0 Å². The van der Waals surface area contributed by atoms with E-state index in [1.807, 2.05) is 0 Å². The molecule has 1 aromatic rings. The number of nitrogens with one attached hydrogen (secondary N) is 2. The largest absolute Gasteiger partial charge is 0.325 e. The van der Waals surface area contributed by atoms with E-state index in [1.54, 1.807) is 0 Å². The average molecular weight is 216 g/mol. The Labute approximate surface area is 97.7 Å². The summed E-state index contributed by atoms with van der Waals surface area (Å²) in [5, 5.41) is 0. The van der Waals surface area contributed by atoms with Crippen LogP contribution in [0.2, 0.25) is 0 Å². The SMILES string of the molecule is CC1=C(c2ccccc2)C(C(C)(C)C)NN1. The predicted octanol–water partition coefficient (Wildman–Crippen LogP) is 2.94. The van der Waals surface area contributed by atoms with Crippen molar-refractivity contribution < 1.29 is 0 Å². The van der Waals surface area contributed by atoms with Crippen molar-refractivity contribution in [1.29, 1.82) is 0 Å². The van der Waals surface area contributed by atoms with Crippen LogP contribution in [0.25, 0.3) is 5.57 Å². The van der Waals surface area contributed by atoms with Gasteiger partial charge in [-0.25, -0.2) is 5.43 Å². The van der Waals surface area contributed by atoms with Crippen molar-refractivity contribution in [2.24, 2.45) is 5.41 Å². The Bertz CT molecular complexity index is 398. The maximum atomic E-state index is 3.37. The Balaban J connectivity index is 2.42. The molecule has 0 saturated heterocycles. The number of hydrazine groups is 1. The average Bonchev–Trinajstić information content (AvgIpc) is 2.61. The molecule has 0 amide bonds. The molecular formula is C14H20N2. The van der Waals surface area contributed by atoms with Gasteiger partial charge in [0.05, 0.1) is 6.04 Å². The van der Waals surface area contributed by atoms with Crippen molar-refractivity contribution in [3.63, 3.8) is 0 Å². The van der Waals surface area contributed by atoms with Crippen molar-refractivity contribution >= 4 is 5.57 Å². The van der Waals surface area contributed by atoms with Crippen molar-refractivity contribution in [3.8, 4) is 0 Å². The first kappa shape index (κ1) is 11.2. The van der Waals surface area contributed by atoms with Gasteiger partial charge in [-0.05, 0) is 23.5 Å². The lowest BCUT2D eigenvalue weighted by molar-refractivity contribution is 0.320. The Morgan fingerprint density at radius 3 is 2.25 bits per heavy atom. The molecule has 0 fully saturated rings. The van der Waals surface area contributed by atoms with Crippen LogP contribution < -0.4 is 10.9 Å². The maximum Gasteiger partial charge on any atom is 0.0581 e. The number of hydrogen-bond donors (Lipinski definition) is 2. The zero-order valence-electron chi connectivity index (χ0n) is 10.5. The number of benzene rings is 1. The summed E-state index contributed by atoms with van der Waals surface area (Å²) >= 11 is 0. The summed E-state index contributed by atoms with van der Waals surface area (Å²) in [6.07, 6.45) is 0. The topological polar surface area (TPSA) is 24.1 Å². The molecule has 1 unspecified atom stereocenters. The summed E-state index contributed by atoms with van der Waals surface area (Å²) in [6.45, 7) is 8.90. The van der Waals surface area contributed by atoms with Crippen molar-refractivity contribution in [3.05, 3.63) is 41.6 Å². The minimum atomic E-state index is 0.204. The van der Waals surface area contributed by atoms with Crippen LogP contribution in [0, 0.1) is 5.41 Å². The van der Waals surface area contributed by atoms with Crippen LogP contribution in [0.15, 0.2) is 36.0 Å². The number of rotatable bonds is 1. The third-order valence-corrected chi connectivity index (χ3v) is 3.05. The second-order valence-corrected chi connectivity index (χ2v) is 5.47. The normalized spacial score (nSPS) is 21.1. The molecule has 0 radical (unpaired) electrons. The number of hydrogen-bond acceptors (Lipinski definition) is 2. The molecule has 1 heterocycles. The van der Waals surface area contributed by atoms with E-state index < -0.39 is 0 Å². The maximum absolute atomic E-state index is 3.37. The van der Waals surface area contributed by atoms with Gasteiger partial charge in [0, 0.05) is 5.70 Å². The quantitative estimate of drug-likeness (QED) is 0.754. The first-order chi connectivity index (χ1) is 7.50. The highest BCUT2D eigenvalue weighted by molar-refractivity contribution is 5.74. The van der Waals surface area contributed by atoms with Crippen molar-refractivity contribution in [2.75, 3.05) is 0 Å². The molecule has 2 heteroatoms. The highest BCUT2D eigenvalue weighted by atomic mass is 15.4. The van der Waals surface area contributed by atoms with Gasteiger partial charge < -0.3 is 5.43 Å². The summed E-state index contributed by atoms with van der Waals surface area (Å²) in [6, 6.07) is 10.9. The van der Waals surface area contributed by atoms with Crippen LogP contribution in [0.3, 0.4) is 0 Å². The molecule has 2 nitrogen and oxygen atoms in total. The number of allylic oxidation sites excluding steroid dienone is 1. The van der Waals surface area contributed by atoms with E-state index in [0.29, 0.717) is 6.04 Å². The van der Waals surface area contributed by atoms with Gasteiger partial charge in [-0.2, -0.15) is 0 Å². The molecule has 1 aliphatic heterocycles. The van der Waals surface area contributed by atoms with Crippen LogP contribution in [-0.2, 0) is 0 Å². The van der Waals surface area contributed by atoms with Gasteiger partial charge in [-0.1, -0.05) is 51.1 Å². The molecule has 16 heavy (non-hydrogen) atoms. The molecule has 2 rings (SSSR count). The van der Waals surface area contributed by atoms with E-state index in [9.17, 15) is 0 Å². The minimum Gasteiger partial charge on any atom is -0.325 e. The second kappa shape index (κ2) is 3.95. The zero-order valence-corrected chi connectivity index (χ0v) is 10.5. The van der Waals surface area contributed by atoms with E-state index in [1.165, 1.54) is 16.8 Å². The molecule has 1 aliphatic rings. The molecular weight excluding hydrogens is 196 g/mol. The smallest absolute Gasteiger partial charge is 0.0581 e. The Kier molecular flexibility index (Phi) is 2.76. The van der Waals surface area contributed by atoms with Gasteiger partial charge in [0.1, 0.15) is 0 Å². The standard InChI is InChI=1S/C14H20N2/c1-10-12(11-8-6-5-7-9-11)13(16-15-10)14(2,3)4/h5-9,13,15-16H,1-4H3. The summed E-state index contributed by atoms with van der Waals surface area (Å²) in [5.41, 5.74) is 10.7. The van der Waals surface area contributed by atoms with Gasteiger partial charge in [0.15, 0.2) is 0 Å². The molecule has 1 aromatic carbocycles. The summed E-state index contributed by atoms with van der Waals surface area (Å²) in [5.74, 6) is 0. The Morgan fingerprint density at radius 1 is 1.06 bits per heavy atom. The lowest BCUT2D eigenvalue weighted by Gasteiger charge is -2.29. The van der Waals surface area contributed by atoms with Crippen molar-refractivity contribution in [1.82, 2.24) is 10.9 Å². The van der Waals surface area contributed by atoms with Gasteiger partial charge >= 0.3 is 0 Å². The van der Waals surface area contributed by atoms with E-state index in [4.69, 9.17) is 0 Å². The van der Waals surface area contributed by atoms with Crippen LogP contribution >= 0.6 is 0 Å². The monoisotopic (exact) mass is 216 g/mol. The first-order valence-corrected chi connectivity index (χ1v) is 5.78. The molecule has 0 bridgehead atoms. The fourth-order valence-corrected chi connectivity index (χ4v) is 2.19. The molecule has 1 atom stereocenters. The summed E-state index contributed by atoms with van der Waals surface area (Å²) in [7, 11) is 0. The molecule has 2 N–H and O–H groups in total. The van der Waals surface area contributed by atoms with Crippen LogP contribution in [-0.4, -0.2) is 6.04 Å². The van der Waals surface area contributed by atoms with Crippen LogP contribution in [0.5, 0.6) is 0 Å². The first-order valence-electron chi connectivity index (χ1n) is 5.78. The highest BCUT2D eigenvalue weighted by Crippen LogP contribution is 2.34. The zero-order chi connectivity index (χ0) is 11.8. The van der Waals surface area contributed by atoms with Gasteiger partial charge in [-0.15, -0.1) is 0 Å². The molecule has 0 aliphatic carbocycles. The Hall–Kier alpha value is -1.28. The van der Waals surface area contributed by atoms with E-state index in [2.05, 4.69) is 68.9 Å². The fourth-order valence-electron chi connectivity index (χ4n) is 2.19.